The van der Waals surface area contributed by atoms with E-state index in [2.05, 4.69) is 15.1 Å². The van der Waals surface area contributed by atoms with Crippen LogP contribution in [0.15, 0.2) is 12.4 Å². The van der Waals surface area contributed by atoms with Crippen LogP contribution in [-0.4, -0.2) is 54.6 Å². The molecule has 0 unspecified atom stereocenters. The van der Waals surface area contributed by atoms with Crippen molar-refractivity contribution in [1.82, 2.24) is 15.1 Å². The first-order chi connectivity index (χ1) is 6.95. The van der Waals surface area contributed by atoms with Crippen molar-refractivity contribution >= 4 is 0 Å². The maximum absolute atomic E-state index is 5.47. The lowest BCUT2D eigenvalue weighted by molar-refractivity contribution is 0.0322. The Kier molecular flexibility index (Phi) is 3.37. The third-order valence-corrected chi connectivity index (χ3v) is 2.25. The van der Waals surface area contributed by atoms with Crippen LogP contribution in [0.4, 0.5) is 0 Å². The highest BCUT2D eigenvalue weighted by Gasteiger charge is 2.09. The van der Waals surface area contributed by atoms with E-state index in [-0.39, 0.29) is 0 Å². The number of rotatable bonds is 4. The summed E-state index contributed by atoms with van der Waals surface area (Å²) in [5.41, 5.74) is 0. The molecule has 1 aliphatic heterocycles. The number of H-pyrrole nitrogens is 1. The molecule has 0 saturated carbocycles. The highest BCUT2D eigenvalue weighted by molar-refractivity contribution is 5.09. The Labute approximate surface area is 83.0 Å². The second-order valence-corrected chi connectivity index (χ2v) is 3.24. The van der Waals surface area contributed by atoms with E-state index < -0.39 is 0 Å². The molecule has 1 aromatic rings. The first kappa shape index (κ1) is 9.48. The van der Waals surface area contributed by atoms with Crippen LogP contribution < -0.4 is 4.74 Å². The van der Waals surface area contributed by atoms with E-state index in [1.807, 2.05) is 0 Å². The second-order valence-electron chi connectivity index (χ2n) is 3.24. The van der Waals surface area contributed by atoms with E-state index in [0.29, 0.717) is 6.61 Å². The number of aromatic nitrogens is 2. The van der Waals surface area contributed by atoms with Crippen LogP contribution in [0.5, 0.6) is 5.75 Å². The fourth-order valence-electron chi connectivity index (χ4n) is 1.44. The first-order valence-corrected chi connectivity index (χ1v) is 4.87. The average Bonchev–Trinajstić information content (AvgIpc) is 2.72. The Morgan fingerprint density at radius 3 is 3.07 bits per heavy atom. The standard InChI is InChI=1S/C9H15N3O2/c1-4-13-5-2-12(1)3-6-14-9-7-10-11-8-9/h7-8H,1-6H2,(H,10,11). The maximum atomic E-state index is 5.47. The number of nitrogens with zero attached hydrogens (tertiary/aromatic N) is 2. The van der Waals surface area contributed by atoms with E-state index >= 15 is 0 Å². The van der Waals surface area contributed by atoms with Crippen molar-refractivity contribution in [2.24, 2.45) is 0 Å². The van der Waals surface area contributed by atoms with Crippen LogP contribution in [-0.2, 0) is 4.74 Å². The molecule has 1 fully saturated rings. The summed E-state index contributed by atoms with van der Waals surface area (Å²) in [6.45, 7) is 5.36. The van der Waals surface area contributed by atoms with E-state index in [0.717, 1.165) is 38.6 Å². The summed E-state index contributed by atoms with van der Waals surface area (Å²) in [4.78, 5) is 2.34. The molecule has 1 aromatic heterocycles. The van der Waals surface area contributed by atoms with Crippen LogP contribution >= 0.6 is 0 Å². The van der Waals surface area contributed by atoms with Gasteiger partial charge in [-0.1, -0.05) is 0 Å². The van der Waals surface area contributed by atoms with Gasteiger partial charge < -0.3 is 9.47 Å². The lowest BCUT2D eigenvalue weighted by Crippen LogP contribution is -2.38. The van der Waals surface area contributed by atoms with Crippen LogP contribution in [0.1, 0.15) is 0 Å². The summed E-state index contributed by atoms with van der Waals surface area (Å²) in [6.07, 6.45) is 3.43. The number of morpholine rings is 1. The molecule has 0 bridgehead atoms. The minimum atomic E-state index is 0.708. The molecule has 0 radical (unpaired) electrons. The van der Waals surface area contributed by atoms with Crippen LogP contribution in [0, 0.1) is 0 Å². The van der Waals surface area contributed by atoms with Crippen LogP contribution in [0.25, 0.3) is 0 Å². The molecule has 0 aromatic carbocycles. The normalized spacial score (nSPS) is 18.3. The largest absolute Gasteiger partial charge is 0.489 e. The second kappa shape index (κ2) is 4.97. The van der Waals surface area contributed by atoms with Gasteiger partial charge in [-0.05, 0) is 0 Å². The molecule has 0 spiro atoms. The predicted molar refractivity (Wildman–Crippen MR) is 51.3 cm³/mol. The SMILES string of the molecule is c1n[nH]cc1OCCN1CCOCC1. The highest BCUT2D eigenvalue weighted by atomic mass is 16.5. The summed E-state index contributed by atoms with van der Waals surface area (Å²) >= 11 is 0. The molecule has 0 amide bonds. The van der Waals surface area contributed by atoms with Crippen molar-refractivity contribution in [3.8, 4) is 5.75 Å². The molecule has 78 valence electrons. The van der Waals surface area contributed by atoms with Crippen molar-refractivity contribution in [2.45, 2.75) is 0 Å². The van der Waals surface area contributed by atoms with Crippen molar-refractivity contribution in [2.75, 3.05) is 39.5 Å². The molecule has 1 aliphatic rings. The summed E-state index contributed by atoms with van der Waals surface area (Å²) < 4.78 is 10.7. The highest BCUT2D eigenvalue weighted by Crippen LogP contribution is 2.04. The minimum Gasteiger partial charge on any atom is -0.489 e. The van der Waals surface area contributed by atoms with Crippen LogP contribution in [0.2, 0.25) is 0 Å². The molecular weight excluding hydrogens is 182 g/mol. The Morgan fingerprint density at radius 2 is 2.36 bits per heavy atom. The van der Waals surface area contributed by atoms with Crippen molar-refractivity contribution < 1.29 is 9.47 Å². The van der Waals surface area contributed by atoms with Gasteiger partial charge in [0.2, 0.25) is 0 Å². The Balaban J connectivity index is 1.62. The Bertz CT molecular complexity index is 245. The van der Waals surface area contributed by atoms with Gasteiger partial charge in [0, 0.05) is 19.6 Å². The summed E-state index contributed by atoms with van der Waals surface area (Å²) in [7, 11) is 0. The molecule has 0 atom stereocenters. The number of hydrogen-bond acceptors (Lipinski definition) is 4. The molecule has 5 heteroatoms. The molecule has 0 aliphatic carbocycles. The Hall–Kier alpha value is -1.07. The quantitative estimate of drug-likeness (QED) is 0.745. The summed E-state index contributed by atoms with van der Waals surface area (Å²) in [5.74, 6) is 0.804. The van der Waals surface area contributed by atoms with Gasteiger partial charge in [0.05, 0.1) is 25.6 Å². The van der Waals surface area contributed by atoms with E-state index in [1.54, 1.807) is 12.4 Å². The lowest BCUT2D eigenvalue weighted by Gasteiger charge is -2.26. The third kappa shape index (κ3) is 2.71. The topological polar surface area (TPSA) is 50.4 Å². The van der Waals surface area contributed by atoms with E-state index in [4.69, 9.17) is 9.47 Å². The predicted octanol–water partition coefficient (Wildman–Crippen LogP) is 0.121. The third-order valence-electron chi connectivity index (χ3n) is 2.25. The molecule has 5 nitrogen and oxygen atoms in total. The minimum absolute atomic E-state index is 0.708. The van der Waals surface area contributed by atoms with Gasteiger partial charge in [-0.3, -0.25) is 10.00 Å². The van der Waals surface area contributed by atoms with Crippen molar-refractivity contribution in [1.29, 1.82) is 0 Å². The molecule has 14 heavy (non-hydrogen) atoms. The molecule has 1 saturated heterocycles. The van der Waals surface area contributed by atoms with Gasteiger partial charge in [0.1, 0.15) is 6.61 Å². The first-order valence-electron chi connectivity index (χ1n) is 4.87. The fraction of sp³-hybridized carbons (Fsp3) is 0.667. The monoisotopic (exact) mass is 197 g/mol. The molecule has 2 heterocycles. The maximum Gasteiger partial charge on any atom is 0.156 e. The zero-order valence-corrected chi connectivity index (χ0v) is 8.11. The van der Waals surface area contributed by atoms with Gasteiger partial charge in [-0.2, -0.15) is 5.10 Å². The summed E-state index contributed by atoms with van der Waals surface area (Å²) in [6, 6.07) is 0. The Morgan fingerprint density at radius 1 is 1.50 bits per heavy atom. The smallest absolute Gasteiger partial charge is 0.156 e. The van der Waals surface area contributed by atoms with Crippen molar-refractivity contribution in [3.63, 3.8) is 0 Å². The fourth-order valence-corrected chi connectivity index (χ4v) is 1.44. The van der Waals surface area contributed by atoms with Crippen molar-refractivity contribution in [3.05, 3.63) is 12.4 Å². The van der Waals surface area contributed by atoms with Gasteiger partial charge in [-0.15, -0.1) is 0 Å². The van der Waals surface area contributed by atoms with Gasteiger partial charge in [-0.25, -0.2) is 0 Å². The summed E-state index contributed by atoms with van der Waals surface area (Å²) in [5, 5.41) is 6.51. The van der Waals surface area contributed by atoms with Gasteiger partial charge in [0.15, 0.2) is 5.75 Å². The zero-order valence-electron chi connectivity index (χ0n) is 8.11. The molecular formula is C9H15N3O2. The van der Waals surface area contributed by atoms with Gasteiger partial charge in [0.25, 0.3) is 0 Å². The zero-order chi connectivity index (χ0) is 9.64. The van der Waals surface area contributed by atoms with Crippen LogP contribution in [0.3, 0.4) is 0 Å². The number of hydrogen-bond donors (Lipinski definition) is 1. The van der Waals surface area contributed by atoms with E-state index in [9.17, 15) is 0 Å². The number of ether oxygens (including phenoxy) is 2. The molecule has 2 rings (SSSR count). The number of aromatic amines is 1. The van der Waals surface area contributed by atoms with E-state index in [1.165, 1.54) is 0 Å². The number of nitrogens with one attached hydrogen (secondary N) is 1. The van der Waals surface area contributed by atoms with Gasteiger partial charge >= 0.3 is 0 Å². The molecule has 1 N–H and O–H groups in total. The lowest BCUT2D eigenvalue weighted by atomic mass is 10.4. The average molecular weight is 197 g/mol.